The first-order valence-electron chi connectivity index (χ1n) is 10.6. The number of rotatable bonds is 5. The SMILES string of the molecule is COc1cc2cc(-c3cc(-c4ccccc4)cc(-c4ccccc4)c3)nc(Cl)c2cc1OC. The van der Waals surface area contributed by atoms with Gasteiger partial charge in [0.25, 0.3) is 0 Å². The Labute approximate surface area is 198 Å². The number of fused-ring (bicyclic) bond motifs is 1. The van der Waals surface area contributed by atoms with Gasteiger partial charge in [0.2, 0.25) is 0 Å². The van der Waals surface area contributed by atoms with E-state index in [1.165, 1.54) is 0 Å². The lowest BCUT2D eigenvalue weighted by atomic mass is 9.94. The van der Waals surface area contributed by atoms with Gasteiger partial charge in [0, 0.05) is 10.9 Å². The Morgan fingerprint density at radius 3 is 1.64 bits per heavy atom. The van der Waals surface area contributed by atoms with Gasteiger partial charge in [-0.25, -0.2) is 4.98 Å². The number of halogens is 1. The zero-order chi connectivity index (χ0) is 22.8. The fourth-order valence-corrected chi connectivity index (χ4v) is 4.31. The van der Waals surface area contributed by atoms with Gasteiger partial charge >= 0.3 is 0 Å². The van der Waals surface area contributed by atoms with Crippen LogP contribution < -0.4 is 9.47 Å². The third kappa shape index (κ3) is 4.15. The second kappa shape index (κ2) is 8.97. The molecule has 0 atom stereocenters. The molecule has 3 nitrogen and oxygen atoms in total. The van der Waals surface area contributed by atoms with Crippen molar-refractivity contribution in [2.45, 2.75) is 0 Å². The maximum absolute atomic E-state index is 6.64. The molecule has 0 saturated heterocycles. The Kier molecular flexibility index (Phi) is 5.72. The predicted molar refractivity (Wildman–Crippen MR) is 136 cm³/mol. The highest BCUT2D eigenvalue weighted by Crippen LogP contribution is 2.38. The molecule has 0 bridgehead atoms. The summed E-state index contributed by atoms with van der Waals surface area (Å²) in [6, 6.07) is 33.1. The number of aromatic nitrogens is 1. The molecule has 0 amide bonds. The van der Waals surface area contributed by atoms with Gasteiger partial charge < -0.3 is 9.47 Å². The molecule has 0 unspecified atom stereocenters. The van der Waals surface area contributed by atoms with Gasteiger partial charge in [-0.05, 0) is 64.0 Å². The van der Waals surface area contributed by atoms with Crippen molar-refractivity contribution in [3.63, 3.8) is 0 Å². The van der Waals surface area contributed by atoms with Crippen LogP contribution in [0.1, 0.15) is 0 Å². The highest BCUT2D eigenvalue weighted by atomic mass is 35.5. The van der Waals surface area contributed by atoms with Crippen molar-refractivity contribution in [3.05, 3.63) is 102 Å². The molecular weight excluding hydrogens is 430 g/mol. The van der Waals surface area contributed by atoms with Crippen molar-refractivity contribution in [2.24, 2.45) is 0 Å². The third-order valence-corrected chi connectivity index (χ3v) is 6.02. The molecule has 0 aliphatic heterocycles. The lowest BCUT2D eigenvalue weighted by Gasteiger charge is -2.13. The van der Waals surface area contributed by atoms with E-state index in [1.807, 2.05) is 30.3 Å². The minimum Gasteiger partial charge on any atom is -0.493 e. The van der Waals surface area contributed by atoms with Crippen molar-refractivity contribution in [2.75, 3.05) is 14.2 Å². The van der Waals surface area contributed by atoms with Gasteiger partial charge in [0.1, 0.15) is 5.15 Å². The summed E-state index contributed by atoms with van der Waals surface area (Å²) >= 11 is 6.64. The molecule has 0 radical (unpaired) electrons. The lowest BCUT2D eigenvalue weighted by molar-refractivity contribution is 0.356. The molecule has 4 aromatic carbocycles. The Hall–Kier alpha value is -3.82. The number of pyridine rings is 1. The molecule has 162 valence electrons. The van der Waals surface area contributed by atoms with E-state index >= 15 is 0 Å². The summed E-state index contributed by atoms with van der Waals surface area (Å²) in [5, 5.41) is 2.18. The van der Waals surface area contributed by atoms with Crippen LogP contribution in [0.25, 0.3) is 44.3 Å². The van der Waals surface area contributed by atoms with Gasteiger partial charge in [0.15, 0.2) is 11.5 Å². The van der Waals surface area contributed by atoms with Crippen LogP contribution in [0.15, 0.2) is 97.1 Å². The third-order valence-electron chi connectivity index (χ3n) is 5.73. The Morgan fingerprint density at radius 2 is 1.09 bits per heavy atom. The van der Waals surface area contributed by atoms with Crippen LogP contribution in [0.4, 0.5) is 0 Å². The van der Waals surface area contributed by atoms with Gasteiger partial charge in [-0.2, -0.15) is 0 Å². The normalized spacial score (nSPS) is 10.9. The Bertz CT molecular complexity index is 1380. The predicted octanol–water partition coefficient (Wildman–Crippen LogP) is 7.91. The van der Waals surface area contributed by atoms with Gasteiger partial charge in [-0.1, -0.05) is 72.3 Å². The Balaban J connectivity index is 1.72. The Morgan fingerprint density at radius 1 is 0.576 bits per heavy atom. The highest BCUT2D eigenvalue weighted by molar-refractivity contribution is 6.34. The van der Waals surface area contributed by atoms with Crippen molar-refractivity contribution >= 4 is 22.4 Å². The van der Waals surface area contributed by atoms with E-state index in [0.29, 0.717) is 16.7 Å². The van der Waals surface area contributed by atoms with Crippen LogP contribution in [0.2, 0.25) is 5.15 Å². The molecule has 0 N–H and O–H groups in total. The monoisotopic (exact) mass is 451 g/mol. The van der Waals surface area contributed by atoms with Crippen molar-refractivity contribution in [1.82, 2.24) is 4.98 Å². The number of hydrogen-bond acceptors (Lipinski definition) is 3. The minimum absolute atomic E-state index is 0.426. The number of nitrogens with zero attached hydrogens (tertiary/aromatic N) is 1. The summed E-state index contributed by atoms with van der Waals surface area (Å²) in [4.78, 5) is 4.74. The molecule has 5 aromatic rings. The van der Waals surface area contributed by atoms with Crippen molar-refractivity contribution < 1.29 is 9.47 Å². The summed E-state index contributed by atoms with van der Waals surface area (Å²) in [6.07, 6.45) is 0. The molecular formula is C29H22ClNO2. The maximum Gasteiger partial charge on any atom is 0.161 e. The second-order valence-corrected chi connectivity index (χ2v) is 8.12. The first-order chi connectivity index (χ1) is 16.2. The first kappa shape index (κ1) is 21.0. The van der Waals surface area contributed by atoms with E-state index in [2.05, 4.69) is 66.7 Å². The van der Waals surface area contributed by atoms with Crippen LogP contribution in [0, 0.1) is 0 Å². The van der Waals surface area contributed by atoms with Crippen LogP contribution in [0.5, 0.6) is 11.5 Å². The summed E-state index contributed by atoms with van der Waals surface area (Å²) < 4.78 is 10.9. The summed E-state index contributed by atoms with van der Waals surface area (Å²) in [5.74, 6) is 1.28. The van der Waals surface area contributed by atoms with Crippen LogP contribution in [0.3, 0.4) is 0 Å². The molecule has 0 saturated carbocycles. The van der Waals surface area contributed by atoms with E-state index in [0.717, 1.165) is 44.3 Å². The summed E-state index contributed by atoms with van der Waals surface area (Å²) in [6.45, 7) is 0. The van der Waals surface area contributed by atoms with E-state index in [9.17, 15) is 0 Å². The number of benzene rings is 4. The molecule has 0 aliphatic carbocycles. The maximum atomic E-state index is 6.64. The van der Waals surface area contributed by atoms with E-state index in [-0.39, 0.29) is 0 Å². The zero-order valence-corrected chi connectivity index (χ0v) is 19.1. The minimum atomic E-state index is 0.426. The van der Waals surface area contributed by atoms with E-state index in [1.54, 1.807) is 14.2 Å². The average molecular weight is 452 g/mol. The molecule has 33 heavy (non-hydrogen) atoms. The van der Waals surface area contributed by atoms with Gasteiger partial charge in [-0.15, -0.1) is 0 Å². The topological polar surface area (TPSA) is 31.4 Å². The molecule has 1 aromatic heterocycles. The van der Waals surface area contributed by atoms with E-state index < -0.39 is 0 Å². The molecule has 5 rings (SSSR count). The van der Waals surface area contributed by atoms with Crippen molar-refractivity contribution in [1.29, 1.82) is 0 Å². The first-order valence-corrected chi connectivity index (χ1v) is 11.0. The fourth-order valence-electron chi connectivity index (χ4n) is 4.06. The quantitative estimate of drug-likeness (QED) is 0.254. The number of ether oxygens (including phenoxy) is 2. The van der Waals surface area contributed by atoms with E-state index in [4.69, 9.17) is 26.1 Å². The smallest absolute Gasteiger partial charge is 0.161 e. The largest absolute Gasteiger partial charge is 0.493 e. The molecule has 4 heteroatoms. The van der Waals surface area contributed by atoms with Crippen molar-refractivity contribution in [3.8, 4) is 45.0 Å². The van der Waals surface area contributed by atoms with Crippen LogP contribution in [-0.2, 0) is 0 Å². The lowest BCUT2D eigenvalue weighted by Crippen LogP contribution is -1.93. The standard InChI is InChI=1S/C29H22ClNO2/c1-32-27-17-23-16-26(31-29(30)25(23)18-28(27)33-2)24-14-21(19-9-5-3-6-10-19)13-22(15-24)20-11-7-4-8-12-20/h3-18H,1-2H3. The highest BCUT2D eigenvalue weighted by Gasteiger charge is 2.14. The summed E-state index contributed by atoms with van der Waals surface area (Å²) in [5.41, 5.74) is 6.34. The molecule has 1 heterocycles. The van der Waals surface area contributed by atoms with Crippen LogP contribution >= 0.6 is 11.6 Å². The fraction of sp³-hybridized carbons (Fsp3) is 0.0690. The van der Waals surface area contributed by atoms with Crippen LogP contribution in [-0.4, -0.2) is 19.2 Å². The second-order valence-electron chi connectivity index (χ2n) is 7.76. The molecule has 0 spiro atoms. The number of hydrogen-bond donors (Lipinski definition) is 0. The number of methoxy groups -OCH3 is 2. The van der Waals surface area contributed by atoms with Gasteiger partial charge in [0.05, 0.1) is 19.9 Å². The molecule has 0 aliphatic rings. The average Bonchev–Trinajstić information content (AvgIpc) is 2.88. The summed E-state index contributed by atoms with van der Waals surface area (Å²) in [7, 11) is 3.24. The molecule has 0 fully saturated rings. The van der Waals surface area contributed by atoms with Gasteiger partial charge in [-0.3, -0.25) is 0 Å². The zero-order valence-electron chi connectivity index (χ0n) is 18.4.